The molecule has 4 heteroatoms. The van der Waals surface area contributed by atoms with Crippen molar-refractivity contribution in [3.05, 3.63) is 0 Å². The first-order valence-electron chi connectivity index (χ1n) is 3.30. The van der Waals surface area contributed by atoms with Gasteiger partial charge in [0, 0.05) is 6.54 Å². The Bertz CT molecular complexity index is 147. The van der Waals surface area contributed by atoms with Crippen LogP contribution >= 0.6 is 0 Å². The molecule has 2 amide bonds. The molecule has 56 valence electrons. The molecule has 1 fully saturated rings. The molecule has 0 aliphatic carbocycles. The molecule has 1 aliphatic heterocycles. The minimum Gasteiger partial charge on any atom is -0.308 e. The molecule has 0 aromatic heterocycles. The zero-order chi connectivity index (χ0) is 7.40. The molecular formula is C6H10N2O2. The van der Waals surface area contributed by atoms with Gasteiger partial charge in [0.2, 0.25) is 12.3 Å². The molecule has 0 unspecified atom stereocenters. The van der Waals surface area contributed by atoms with Crippen LogP contribution in [0.5, 0.6) is 0 Å². The largest absolute Gasteiger partial charge is 0.308 e. The van der Waals surface area contributed by atoms with E-state index in [4.69, 9.17) is 0 Å². The van der Waals surface area contributed by atoms with E-state index in [1.165, 1.54) is 4.90 Å². The second-order valence-corrected chi connectivity index (χ2v) is 2.22. The van der Waals surface area contributed by atoms with Crippen LogP contribution in [0.1, 0.15) is 6.42 Å². The molecule has 1 N–H and O–H groups in total. The molecule has 0 atom stereocenters. The number of hydrogen-bond acceptors (Lipinski definition) is 3. The first kappa shape index (κ1) is 7.21. The number of rotatable bonds is 1. The topological polar surface area (TPSA) is 49.4 Å². The van der Waals surface area contributed by atoms with Gasteiger partial charge in [0.25, 0.3) is 0 Å². The SMILES string of the molecule is O=CN1CCCNCC1=O. The second kappa shape index (κ2) is 3.31. The fourth-order valence-electron chi connectivity index (χ4n) is 0.907. The molecule has 1 aliphatic rings. The molecular weight excluding hydrogens is 132 g/mol. The van der Waals surface area contributed by atoms with Crippen molar-refractivity contribution in [1.82, 2.24) is 10.2 Å². The number of nitrogens with zero attached hydrogens (tertiary/aromatic N) is 1. The second-order valence-electron chi connectivity index (χ2n) is 2.22. The van der Waals surface area contributed by atoms with Crippen molar-refractivity contribution in [1.29, 1.82) is 0 Å². The van der Waals surface area contributed by atoms with Crippen molar-refractivity contribution in [2.75, 3.05) is 19.6 Å². The van der Waals surface area contributed by atoms with Gasteiger partial charge in [0.05, 0.1) is 6.54 Å². The average molecular weight is 142 g/mol. The van der Waals surface area contributed by atoms with Crippen molar-refractivity contribution >= 4 is 12.3 Å². The van der Waals surface area contributed by atoms with E-state index in [1.807, 2.05) is 0 Å². The molecule has 1 saturated heterocycles. The van der Waals surface area contributed by atoms with Crippen LogP contribution in [-0.2, 0) is 9.59 Å². The van der Waals surface area contributed by atoms with Crippen LogP contribution in [0.4, 0.5) is 0 Å². The summed E-state index contributed by atoms with van der Waals surface area (Å²) >= 11 is 0. The number of carbonyl (C=O) groups excluding carboxylic acids is 2. The van der Waals surface area contributed by atoms with Gasteiger partial charge in [-0.05, 0) is 13.0 Å². The predicted molar refractivity (Wildman–Crippen MR) is 35.3 cm³/mol. The normalized spacial score (nSPS) is 20.4. The van der Waals surface area contributed by atoms with Crippen LogP contribution in [0.25, 0.3) is 0 Å². The summed E-state index contributed by atoms with van der Waals surface area (Å²) in [6.07, 6.45) is 1.44. The van der Waals surface area contributed by atoms with Crippen LogP contribution in [-0.4, -0.2) is 36.9 Å². The molecule has 0 aromatic rings. The van der Waals surface area contributed by atoms with E-state index in [0.29, 0.717) is 19.5 Å². The van der Waals surface area contributed by atoms with E-state index in [-0.39, 0.29) is 5.91 Å². The zero-order valence-corrected chi connectivity index (χ0v) is 5.67. The molecule has 0 bridgehead atoms. The van der Waals surface area contributed by atoms with Gasteiger partial charge in [-0.15, -0.1) is 0 Å². The maximum Gasteiger partial charge on any atom is 0.242 e. The van der Waals surface area contributed by atoms with E-state index >= 15 is 0 Å². The first-order valence-corrected chi connectivity index (χ1v) is 3.30. The highest BCUT2D eigenvalue weighted by Gasteiger charge is 2.13. The van der Waals surface area contributed by atoms with Crippen molar-refractivity contribution < 1.29 is 9.59 Å². The van der Waals surface area contributed by atoms with E-state index in [9.17, 15) is 9.59 Å². The summed E-state index contributed by atoms with van der Waals surface area (Å²) in [7, 11) is 0. The number of amides is 2. The monoisotopic (exact) mass is 142 g/mol. The summed E-state index contributed by atoms with van der Waals surface area (Å²) in [5, 5.41) is 2.91. The number of hydrogen-bond donors (Lipinski definition) is 1. The molecule has 0 saturated carbocycles. The molecule has 4 nitrogen and oxygen atoms in total. The highest BCUT2D eigenvalue weighted by atomic mass is 16.2. The lowest BCUT2D eigenvalue weighted by Crippen LogP contribution is -2.33. The summed E-state index contributed by atoms with van der Waals surface area (Å²) in [4.78, 5) is 22.3. The van der Waals surface area contributed by atoms with Gasteiger partial charge in [0.15, 0.2) is 0 Å². The van der Waals surface area contributed by atoms with Crippen LogP contribution < -0.4 is 5.32 Å². The Balaban J connectivity index is 2.51. The molecule has 0 aromatic carbocycles. The molecule has 10 heavy (non-hydrogen) atoms. The lowest BCUT2D eigenvalue weighted by atomic mass is 10.4. The Kier molecular flexibility index (Phi) is 2.39. The summed E-state index contributed by atoms with van der Waals surface area (Å²) < 4.78 is 0. The van der Waals surface area contributed by atoms with E-state index in [2.05, 4.69) is 5.32 Å². The van der Waals surface area contributed by atoms with Crippen LogP contribution in [0, 0.1) is 0 Å². The molecule has 1 rings (SSSR count). The van der Waals surface area contributed by atoms with Crippen LogP contribution in [0.3, 0.4) is 0 Å². The van der Waals surface area contributed by atoms with Gasteiger partial charge in [-0.1, -0.05) is 0 Å². The highest BCUT2D eigenvalue weighted by molar-refractivity contribution is 5.87. The van der Waals surface area contributed by atoms with Gasteiger partial charge in [0.1, 0.15) is 0 Å². The van der Waals surface area contributed by atoms with E-state index in [0.717, 1.165) is 13.0 Å². The summed E-state index contributed by atoms with van der Waals surface area (Å²) in [6, 6.07) is 0. The number of carbonyl (C=O) groups is 2. The highest BCUT2D eigenvalue weighted by Crippen LogP contribution is 1.91. The molecule has 1 heterocycles. The smallest absolute Gasteiger partial charge is 0.242 e. The summed E-state index contributed by atoms with van der Waals surface area (Å²) in [5.74, 6) is -0.132. The van der Waals surface area contributed by atoms with E-state index in [1.54, 1.807) is 0 Å². The zero-order valence-electron chi connectivity index (χ0n) is 5.67. The predicted octanol–water partition coefficient (Wildman–Crippen LogP) is -1.04. The third-order valence-corrected chi connectivity index (χ3v) is 1.48. The Morgan fingerprint density at radius 1 is 1.60 bits per heavy atom. The van der Waals surface area contributed by atoms with Crippen LogP contribution in [0.15, 0.2) is 0 Å². The lowest BCUT2D eigenvalue weighted by Gasteiger charge is -2.09. The Hall–Kier alpha value is -0.900. The van der Waals surface area contributed by atoms with Crippen molar-refractivity contribution in [3.8, 4) is 0 Å². The maximum atomic E-state index is 10.9. The van der Waals surface area contributed by atoms with Gasteiger partial charge in [-0.2, -0.15) is 0 Å². The lowest BCUT2D eigenvalue weighted by molar-refractivity contribution is -0.136. The first-order chi connectivity index (χ1) is 4.84. The Labute approximate surface area is 59.2 Å². The average Bonchev–Trinajstić information content (AvgIpc) is 2.13. The quantitative estimate of drug-likeness (QED) is 0.476. The fraction of sp³-hybridized carbons (Fsp3) is 0.667. The molecule has 0 radical (unpaired) electrons. The minimum absolute atomic E-state index is 0.132. The van der Waals surface area contributed by atoms with Crippen molar-refractivity contribution in [2.45, 2.75) is 6.42 Å². The van der Waals surface area contributed by atoms with Gasteiger partial charge in [-0.3, -0.25) is 14.5 Å². The summed E-state index contributed by atoms with van der Waals surface area (Å²) in [5.41, 5.74) is 0. The third-order valence-electron chi connectivity index (χ3n) is 1.48. The summed E-state index contributed by atoms with van der Waals surface area (Å²) in [6.45, 7) is 1.66. The Morgan fingerprint density at radius 2 is 2.40 bits per heavy atom. The van der Waals surface area contributed by atoms with E-state index < -0.39 is 0 Å². The number of imide groups is 1. The Morgan fingerprint density at radius 3 is 3.10 bits per heavy atom. The fourth-order valence-corrected chi connectivity index (χ4v) is 0.907. The van der Waals surface area contributed by atoms with Crippen LogP contribution in [0.2, 0.25) is 0 Å². The maximum absolute atomic E-state index is 10.9. The molecule has 0 spiro atoms. The van der Waals surface area contributed by atoms with Crippen molar-refractivity contribution in [2.24, 2.45) is 0 Å². The van der Waals surface area contributed by atoms with Gasteiger partial charge < -0.3 is 5.32 Å². The minimum atomic E-state index is -0.132. The van der Waals surface area contributed by atoms with Gasteiger partial charge in [-0.25, -0.2) is 0 Å². The third kappa shape index (κ3) is 1.54. The standard InChI is InChI=1S/C6H10N2O2/c9-5-8-3-1-2-7-4-6(8)10/h5,7H,1-4H2. The number of nitrogens with one attached hydrogen (secondary N) is 1. The van der Waals surface area contributed by atoms with Gasteiger partial charge >= 0.3 is 0 Å². The van der Waals surface area contributed by atoms with Crippen molar-refractivity contribution in [3.63, 3.8) is 0 Å².